The number of carbonyl (C=O) groups is 1. The lowest BCUT2D eigenvalue weighted by Crippen LogP contribution is -2.33. The molecule has 82 valence electrons. The zero-order valence-corrected chi connectivity index (χ0v) is 9.35. The van der Waals surface area contributed by atoms with Crippen molar-refractivity contribution in [2.24, 2.45) is 5.92 Å². The van der Waals surface area contributed by atoms with Crippen LogP contribution in [0.2, 0.25) is 0 Å². The van der Waals surface area contributed by atoms with Crippen molar-refractivity contribution in [3.05, 3.63) is 0 Å². The van der Waals surface area contributed by atoms with Gasteiger partial charge in [0.2, 0.25) is 5.91 Å². The molecular weight excluding hydrogens is 174 g/mol. The SMILES string of the molecule is CCCCCCCC1CCNC(=O)C1. The Hall–Kier alpha value is -0.530. The van der Waals surface area contributed by atoms with E-state index in [1.807, 2.05) is 0 Å². The number of amides is 1. The van der Waals surface area contributed by atoms with E-state index < -0.39 is 0 Å². The van der Waals surface area contributed by atoms with Gasteiger partial charge in [-0.3, -0.25) is 4.79 Å². The van der Waals surface area contributed by atoms with Crippen LogP contribution in [0.25, 0.3) is 0 Å². The van der Waals surface area contributed by atoms with Gasteiger partial charge < -0.3 is 5.32 Å². The van der Waals surface area contributed by atoms with Gasteiger partial charge >= 0.3 is 0 Å². The molecule has 1 heterocycles. The highest BCUT2D eigenvalue weighted by atomic mass is 16.1. The van der Waals surface area contributed by atoms with Crippen LogP contribution >= 0.6 is 0 Å². The van der Waals surface area contributed by atoms with Crippen molar-refractivity contribution in [1.82, 2.24) is 5.32 Å². The predicted molar refractivity (Wildman–Crippen MR) is 59.1 cm³/mol. The van der Waals surface area contributed by atoms with Gasteiger partial charge in [-0.25, -0.2) is 0 Å². The van der Waals surface area contributed by atoms with Crippen molar-refractivity contribution in [3.63, 3.8) is 0 Å². The molecule has 1 amide bonds. The smallest absolute Gasteiger partial charge is 0.220 e. The minimum absolute atomic E-state index is 0.259. The summed E-state index contributed by atoms with van der Waals surface area (Å²) in [6, 6.07) is 0. The minimum Gasteiger partial charge on any atom is -0.356 e. The molecule has 0 radical (unpaired) electrons. The van der Waals surface area contributed by atoms with Crippen LogP contribution in [-0.2, 0) is 4.79 Å². The van der Waals surface area contributed by atoms with Crippen LogP contribution < -0.4 is 5.32 Å². The van der Waals surface area contributed by atoms with Gasteiger partial charge in [0.25, 0.3) is 0 Å². The van der Waals surface area contributed by atoms with Crippen LogP contribution in [0.1, 0.15) is 58.3 Å². The highest BCUT2D eigenvalue weighted by molar-refractivity contribution is 5.76. The van der Waals surface area contributed by atoms with Crippen molar-refractivity contribution in [1.29, 1.82) is 0 Å². The average molecular weight is 197 g/mol. The Morgan fingerprint density at radius 2 is 2.07 bits per heavy atom. The van der Waals surface area contributed by atoms with Crippen molar-refractivity contribution < 1.29 is 4.79 Å². The van der Waals surface area contributed by atoms with Gasteiger partial charge in [-0.15, -0.1) is 0 Å². The molecule has 0 saturated carbocycles. The third-order valence-corrected chi connectivity index (χ3v) is 3.06. The first kappa shape index (κ1) is 11.5. The first-order valence-corrected chi connectivity index (χ1v) is 6.09. The van der Waals surface area contributed by atoms with Gasteiger partial charge in [-0.05, 0) is 18.8 Å². The van der Waals surface area contributed by atoms with Gasteiger partial charge in [0, 0.05) is 13.0 Å². The van der Waals surface area contributed by atoms with Gasteiger partial charge in [0.1, 0.15) is 0 Å². The zero-order chi connectivity index (χ0) is 10.2. The molecule has 1 aliphatic rings. The van der Waals surface area contributed by atoms with E-state index in [2.05, 4.69) is 12.2 Å². The van der Waals surface area contributed by atoms with E-state index in [9.17, 15) is 4.79 Å². The lowest BCUT2D eigenvalue weighted by molar-refractivity contribution is -0.123. The molecule has 1 saturated heterocycles. The Kier molecular flexibility index (Phi) is 5.65. The number of rotatable bonds is 6. The second-order valence-corrected chi connectivity index (χ2v) is 4.41. The molecule has 1 unspecified atom stereocenters. The Labute approximate surface area is 87.5 Å². The zero-order valence-electron chi connectivity index (χ0n) is 9.35. The van der Waals surface area contributed by atoms with Crippen LogP contribution in [0.4, 0.5) is 0 Å². The summed E-state index contributed by atoms with van der Waals surface area (Å²) in [5, 5.41) is 2.88. The highest BCUT2D eigenvalue weighted by Crippen LogP contribution is 2.20. The molecule has 2 heteroatoms. The summed E-state index contributed by atoms with van der Waals surface area (Å²) >= 11 is 0. The first-order chi connectivity index (χ1) is 6.83. The maximum Gasteiger partial charge on any atom is 0.220 e. The van der Waals surface area contributed by atoms with Crippen LogP contribution in [0.5, 0.6) is 0 Å². The molecule has 1 atom stereocenters. The summed E-state index contributed by atoms with van der Waals surface area (Å²) in [5.41, 5.74) is 0. The molecule has 0 bridgehead atoms. The lowest BCUT2D eigenvalue weighted by Gasteiger charge is -2.21. The molecule has 0 aromatic carbocycles. The Morgan fingerprint density at radius 1 is 1.29 bits per heavy atom. The van der Waals surface area contributed by atoms with Crippen molar-refractivity contribution in [2.75, 3.05) is 6.54 Å². The first-order valence-electron chi connectivity index (χ1n) is 6.09. The molecule has 1 rings (SSSR count). The summed E-state index contributed by atoms with van der Waals surface area (Å²) < 4.78 is 0. The van der Waals surface area contributed by atoms with Crippen LogP contribution in [0, 0.1) is 5.92 Å². The molecule has 0 aromatic rings. The third kappa shape index (κ3) is 4.64. The summed E-state index contributed by atoms with van der Waals surface area (Å²) in [5.74, 6) is 0.931. The Balaban J connectivity index is 1.97. The summed E-state index contributed by atoms with van der Waals surface area (Å²) in [7, 11) is 0. The Bertz CT molecular complexity index is 168. The lowest BCUT2D eigenvalue weighted by atomic mass is 9.91. The highest BCUT2D eigenvalue weighted by Gasteiger charge is 2.17. The van der Waals surface area contributed by atoms with Gasteiger partial charge in [-0.2, -0.15) is 0 Å². The van der Waals surface area contributed by atoms with E-state index in [1.165, 1.54) is 44.9 Å². The second-order valence-electron chi connectivity index (χ2n) is 4.41. The summed E-state index contributed by atoms with van der Waals surface area (Å²) in [4.78, 5) is 11.1. The summed E-state index contributed by atoms with van der Waals surface area (Å²) in [6.45, 7) is 3.14. The van der Waals surface area contributed by atoms with E-state index >= 15 is 0 Å². The number of hydrogen-bond acceptors (Lipinski definition) is 1. The van der Waals surface area contributed by atoms with E-state index in [0.29, 0.717) is 5.92 Å². The molecule has 14 heavy (non-hydrogen) atoms. The molecule has 0 spiro atoms. The van der Waals surface area contributed by atoms with Gasteiger partial charge in [-0.1, -0.05) is 39.0 Å². The minimum atomic E-state index is 0.259. The second kappa shape index (κ2) is 6.86. The van der Waals surface area contributed by atoms with E-state index in [0.717, 1.165) is 13.0 Å². The molecular formula is C12H23NO. The van der Waals surface area contributed by atoms with Crippen molar-refractivity contribution in [2.45, 2.75) is 58.3 Å². The van der Waals surface area contributed by atoms with E-state index in [4.69, 9.17) is 0 Å². The number of unbranched alkanes of at least 4 members (excludes halogenated alkanes) is 4. The van der Waals surface area contributed by atoms with Crippen LogP contribution in [0.15, 0.2) is 0 Å². The average Bonchev–Trinajstić information content (AvgIpc) is 2.18. The summed E-state index contributed by atoms with van der Waals surface area (Å²) in [6.07, 6.45) is 9.95. The normalized spacial score (nSPS) is 22.1. The quantitative estimate of drug-likeness (QED) is 0.652. The number of piperidine rings is 1. The molecule has 0 aliphatic carbocycles. The molecule has 1 N–H and O–H groups in total. The standard InChI is InChI=1S/C12H23NO/c1-2-3-4-5-6-7-11-8-9-13-12(14)10-11/h11H,2-10H2,1H3,(H,13,14). The van der Waals surface area contributed by atoms with Crippen LogP contribution in [-0.4, -0.2) is 12.5 Å². The molecule has 0 aromatic heterocycles. The largest absolute Gasteiger partial charge is 0.356 e. The fraction of sp³-hybridized carbons (Fsp3) is 0.917. The van der Waals surface area contributed by atoms with Crippen molar-refractivity contribution in [3.8, 4) is 0 Å². The van der Waals surface area contributed by atoms with E-state index in [-0.39, 0.29) is 5.91 Å². The third-order valence-electron chi connectivity index (χ3n) is 3.06. The fourth-order valence-corrected chi connectivity index (χ4v) is 2.14. The molecule has 2 nitrogen and oxygen atoms in total. The van der Waals surface area contributed by atoms with Gasteiger partial charge in [0.15, 0.2) is 0 Å². The van der Waals surface area contributed by atoms with Crippen molar-refractivity contribution >= 4 is 5.91 Å². The van der Waals surface area contributed by atoms with Gasteiger partial charge in [0.05, 0.1) is 0 Å². The predicted octanol–water partition coefficient (Wildman–Crippen LogP) is 2.87. The number of carbonyl (C=O) groups excluding carboxylic acids is 1. The monoisotopic (exact) mass is 197 g/mol. The Morgan fingerprint density at radius 3 is 2.79 bits per heavy atom. The maximum atomic E-state index is 11.1. The maximum absolute atomic E-state index is 11.1. The fourth-order valence-electron chi connectivity index (χ4n) is 2.14. The number of nitrogens with one attached hydrogen (secondary N) is 1. The van der Waals surface area contributed by atoms with E-state index in [1.54, 1.807) is 0 Å². The molecule has 1 fully saturated rings. The van der Waals surface area contributed by atoms with Crippen LogP contribution in [0.3, 0.4) is 0 Å². The number of hydrogen-bond donors (Lipinski definition) is 1. The molecule has 1 aliphatic heterocycles. The topological polar surface area (TPSA) is 29.1 Å².